The summed E-state index contributed by atoms with van der Waals surface area (Å²) in [5.74, 6) is 2.58. The van der Waals surface area contributed by atoms with Gasteiger partial charge in [0.2, 0.25) is 5.95 Å². The number of fused-ring (bicyclic) bond motifs is 2. The Morgan fingerprint density at radius 3 is 2.79 bits per heavy atom. The molecule has 3 aromatic heterocycles. The number of nitrogens with one attached hydrogen (secondary N) is 1. The summed E-state index contributed by atoms with van der Waals surface area (Å²) in [5.41, 5.74) is 1.08. The van der Waals surface area contributed by atoms with E-state index in [0.29, 0.717) is 23.4 Å². The van der Waals surface area contributed by atoms with Gasteiger partial charge in [0.1, 0.15) is 17.8 Å². The quantitative estimate of drug-likeness (QED) is 0.630. The molecule has 34 heavy (non-hydrogen) atoms. The third kappa shape index (κ3) is 2.58. The lowest BCUT2D eigenvalue weighted by Gasteiger charge is -2.62. The number of rotatable bonds is 3. The maximum Gasteiger partial charge on any atom is 0.229 e. The summed E-state index contributed by atoms with van der Waals surface area (Å²) in [4.78, 5) is 17.6. The fourth-order valence-electron chi connectivity index (χ4n) is 7.39. The fraction of sp³-hybridized carbons (Fsp3) is 0.458. The van der Waals surface area contributed by atoms with Crippen molar-refractivity contribution in [2.24, 2.45) is 17.3 Å². The van der Waals surface area contributed by atoms with Crippen molar-refractivity contribution < 1.29 is 4.39 Å². The fourth-order valence-corrected chi connectivity index (χ4v) is 7.39. The molecular formula is C24H24FN9. The molecule has 8 rings (SSSR count). The molecule has 4 saturated carbocycles. The van der Waals surface area contributed by atoms with Crippen LogP contribution < -0.4 is 15.1 Å². The number of halogens is 1. The van der Waals surface area contributed by atoms with Gasteiger partial charge >= 0.3 is 0 Å². The number of pyridine rings is 1. The first-order chi connectivity index (χ1) is 16.4. The highest BCUT2D eigenvalue weighted by molar-refractivity contribution is 5.80. The molecule has 4 bridgehead atoms. The molecule has 1 N–H and O–H groups in total. The van der Waals surface area contributed by atoms with Crippen LogP contribution in [0.15, 0.2) is 37.2 Å². The number of nitrogens with zero attached hydrogens (tertiary/aromatic N) is 8. The molecule has 4 aliphatic carbocycles. The second kappa shape index (κ2) is 6.44. The van der Waals surface area contributed by atoms with E-state index in [9.17, 15) is 9.65 Å². The summed E-state index contributed by atoms with van der Waals surface area (Å²) >= 11 is 0. The van der Waals surface area contributed by atoms with Crippen molar-refractivity contribution in [1.29, 1.82) is 5.26 Å². The predicted molar refractivity (Wildman–Crippen MR) is 124 cm³/mol. The molecule has 0 aromatic carbocycles. The van der Waals surface area contributed by atoms with E-state index in [4.69, 9.17) is 4.98 Å². The highest BCUT2D eigenvalue weighted by Gasteiger charge is 2.62. The van der Waals surface area contributed by atoms with Crippen LogP contribution in [0.1, 0.15) is 38.5 Å². The van der Waals surface area contributed by atoms with Gasteiger partial charge in [-0.3, -0.25) is 0 Å². The third-order valence-electron chi connectivity index (χ3n) is 8.32. The summed E-state index contributed by atoms with van der Waals surface area (Å²) in [5, 5.41) is 17.2. The molecule has 4 heterocycles. The van der Waals surface area contributed by atoms with E-state index in [0.717, 1.165) is 49.4 Å². The normalized spacial score (nSPS) is 31.3. The van der Waals surface area contributed by atoms with Crippen molar-refractivity contribution in [3.63, 3.8) is 0 Å². The van der Waals surface area contributed by atoms with Gasteiger partial charge in [-0.25, -0.2) is 18.9 Å². The van der Waals surface area contributed by atoms with Crippen molar-refractivity contribution in [2.75, 3.05) is 22.2 Å². The van der Waals surface area contributed by atoms with Crippen molar-refractivity contribution in [2.45, 2.75) is 44.1 Å². The minimum atomic E-state index is -0.458. The monoisotopic (exact) mass is 457 g/mol. The molecule has 9 nitrogen and oxygen atoms in total. The van der Waals surface area contributed by atoms with Gasteiger partial charge in [-0.15, -0.1) is 0 Å². The topological polar surface area (TPSA) is 98.3 Å². The van der Waals surface area contributed by atoms with Crippen LogP contribution in [-0.2, 0) is 0 Å². The Morgan fingerprint density at radius 1 is 1.24 bits per heavy atom. The standard InChI is InChI=1S/C24H24FN9/c1-14-32(2)19-9-27-22(30-18-10-33-20(4-17(18)25)28-13-29-33)31-21(19)34(14)24-7-15-3-16(8-24)6-23(5-15,11-24)12-26/h4,9-10,13,15-16H,1,3,5-8,11H2,2H3,(H,27,30,31). The van der Waals surface area contributed by atoms with Crippen molar-refractivity contribution >= 4 is 28.8 Å². The van der Waals surface area contributed by atoms with Gasteiger partial charge in [-0.2, -0.15) is 15.3 Å². The Labute approximate surface area is 195 Å². The van der Waals surface area contributed by atoms with Crippen LogP contribution in [0.25, 0.3) is 5.65 Å². The average Bonchev–Trinajstić information content (AvgIpc) is 3.35. The summed E-state index contributed by atoms with van der Waals surface area (Å²) < 4.78 is 16.2. The zero-order chi connectivity index (χ0) is 23.2. The van der Waals surface area contributed by atoms with Crippen LogP contribution in [-0.4, -0.2) is 37.2 Å². The van der Waals surface area contributed by atoms with E-state index < -0.39 is 5.82 Å². The van der Waals surface area contributed by atoms with Crippen LogP contribution in [0.5, 0.6) is 0 Å². The van der Waals surface area contributed by atoms with Crippen LogP contribution in [0, 0.1) is 34.4 Å². The van der Waals surface area contributed by atoms with Crippen molar-refractivity contribution in [3.8, 4) is 6.07 Å². The molecular weight excluding hydrogens is 433 g/mol. The number of hydrogen-bond donors (Lipinski definition) is 1. The molecule has 10 heteroatoms. The van der Waals surface area contributed by atoms with Crippen molar-refractivity contribution in [3.05, 3.63) is 43.0 Å². The second-order valence-corrected chi connectivity index (χ2v) is 10.5. The number of anilines is 4. The number of hydrogen-bond acceptors (Lipinski definition) is 8. The van der Waals surface area contributed by atoms with Crippen LogP contribution in [0.4, 0.5) is 27.5 Å². The molecule has 0 spiro atoms. The Bertz CT molecular complexity index is 1390. The summed E-state index contributed by atoms with van der Waals surface area (Å²) in [7, 11) is 1.97. The van der Waals surface area contributed by atoms with Crippen molar-refractivity contribution in [1.82, 2.24) is 24.6 Å². The molecule has 4 fully saturated rings. The smallest absolute Gasteiger partial charge is 0.229 e. The molecule has 0 amide bonds. The van der Waals surface area contributed by atoms with Gasteiger partial charge in [0.25, 0.3) is 0 Å². The van der Waals surface area contributed by atoms with Crippen LogP contribution in [0.2, 0.25) is 0 Å². The van der Waals surface area contributed by atoms with E-state index in [2.05, 4.69) is 37.9 Å². The van der Waals surface area contributed by atoms with E-state index >= 15 is 0 Å². The first-order valence-electron chi connectivity index (χ1n) is 11.7. The first kappa shape index (κ1) is 19.7. The van der Waals surface area contributed by atoms with Crippen LogP contribution in [0.3, 0.4) is 0 Å². The second-order valence-electron chi connectivity index (χ2n) is 10.5. The number of nitriles is 1. The Morgan fingerprint density at radius 2 is 2.03 bits per heavy atom. The lowest BCUT2D eigenvalue weighted by Crippen LogP contribution is -2.63. The first-order valence-corrected chi connectivity index (χ1v) is 11.7. The van der Waals surface area contributed by atoms with E-state index in [1.165, 1.54) is 29.5 Å². The van der Waals surface area contributed by atoms with Crippen LogP contribution >= 0.6 is 0 Å². The maximum absolute atomic E-state index is 14.7. The highest BCUT2D eigenvalue weighted by atomic mass is 19.1. The molecule has 3 aromatic rings. The van der Waals surface area contributed by atoms with Gasteiger partial charge in [0.15, 0.2) is 17.3 Å². The Hall–Kier alpha value is -3.74. The zero-order valence-corrected chi connectivity index (χ0v) is 18.9. The SMILES string of the molecule is C=C1N(C)c2cnc(Nc3cn4ncnc4cc3F)nc2N1C12CC3CC(CC(C#N)(C3)C1)C2. The van der Waals surface area contributed by atoms with E-state index in [-0.39, 0.29) is 16.6 Å². The zero-order valence-electron chi connectivity index (χ0n) is 18.9. The maximum atomic E-state index is 14.7. The molecule has 172 valence electrons. The van der Waals surface area contributed by atoms with E-state index in [1.807, 2.05) is 11.9 Å². The average molecular weight is 458 g/mol. The summed E-state index contributed by atoms with van der Waals surface area (Å²) in [6.07, 6.45) is 10.8. The Balaban J connectivity index is 1.29. The molecule has 0 saturated heterocycles. The molecule has 0 radical (unpaired) electrons. The molecule has 5 aliphatic rings. The predicted octanol–water partition coefficient (Wildman–Crippen LogP) is 3.99. The minimum absolute atomic E-state index is 0.174. The number of aromatic nitrogens is 5. The van der Waals surface area contributed by atoms with E-state index in [1.54, 1.807) is 6.20 Å². The highest BCUT2D eigenvalue weighted by Crippen LogP contribution is 2.65. The Kier molecular flexibility index (Phi) is 3.73. The van der Waals surface area contributed by atoms with Gasteiger partial charge in [0, 0.05) is 13.1 Å². The third-order valence-corrected chi connectivity index (χ3v) is 8.32. The largest absolute Gasteiger partial charge is 0.327 e. The van der Waals surface area contributed by atoms with Gasteiger partial charge < -0.3 is 15.1 Å². The van der Waals surface area contributed by atoms with Gasteiger partial charge in [0.05, 0.1) is 35.1 Å². The molecule has 2 atom stereocenters. The lowest BCUT2D eigenvalue weighted by molar-refractivity contribution is -0.0370. The summed E-state index contributed by atoms with van der Waals surface area (Å²) in [6, 6.07) is 4.02. The minimum Gasteiger partial charge on any atom is -0.327 e. The summed E-state index contributed by atoms with van der Waals surface area (Å²) in [6.45, 7) is 4.40. The van der Waals surface area contributed by atoms with Gasteiger partial charge in [-0.1, -0.05) is 6.58 Å². The van der Waals surface area contributed by atoms with Gasteiger partial charge in [-0.05, 0) is 50.4 Å². The molecule has 2 unspecified atom stereocenters. The lowest BCUT2D eigenvalue weighted by atomic mass is 9.47. The molecule has 1 aliphatic heterocycles.